The normalized spacial score (nSPS) is 11.4. The third-order valence-corrected chi connectivity index (χ3v) is 8.47. The van der Waals surface area contributed by atoms with Crippen molar-refractivity contribution in [3.8, 4) is 0 Å². The molecule has 1 aromatic carbocycles. The molecule has 1 aromatic rings. The number of carbonyl (C=O) groups is 1. The van der Waals surface area contributed by atoms with Crippen LogP contribution in [0.25, 0.3) is 0 Å². The molecule has 0 spiro atoms. The van der Waals surface area contributed by atoms with Crippen LogP contribution in [-0.4, -0.2) is 34.5 Å². The van der Waals surface area contributed by atoms with Gasteiger partial charge in [0.15, 0.2) is 0 Å². The Labute approximate surface area is 101 Å². The second kappa shape index (κ2) is 6.33. The second-order valence-electron chi connectivity index (χ2n) is 2.88. The molecule has 0 aromatic heterocycles. The first-order valence-corrected chi connectivity index (χ1v) is 9.52. The third kappa shape index (κ3) is 3.85. The van der Waals surface area contributed by atoms with Gasteiger partial charge in [0.2, 0.25) is 0 Å². The Hall–Kier alpha value is -0.441. The molecule has 0 amide bonds. The summed E-state index contributed by atoms with van der Waals surface area (Å²) < 4.78 is 21.3. The molecule has 0 saturated heterocycles. The molecule has 4 nitrogen and oxygen atoms in total. The average molecular weight is 307 g/mol. The average Bonchev–Trinajstić information content (AvgIpc) is 2.36. The number of Topliss-reactive ketones (excluding diaryl/α,β-unsaturated/α-hetero) is 1. The number of hydrogen-bond donors (Lipinski definition) is 0. The molecule has 0 fully saturated rings. The van der Waals surface area contributed by atoms with Gasteiger partial charge in [-0.25, -0.2) is 0 Å². The fraction of sp³-hybridized carbons (Fsp3) is 0.300. The van der Waals surface area contributed by atoms with E-state index in [-0.39, 0.29) is 11.1 Å². The Morgan fingerprint density at radius 1 is 1.25 bits per heavy atom. The zero-order chi connectivity index (χ0) is 12.0. The Kier molecular flexibility index (Phi) is 5.39. The summed E-state index contributed by atoms with van der Waals surface area (Å²) >= 11 is -0.483. The quantitative estimate of drug-likeness (QED) is 0.460. The van der Waals surface area contributed by atoms with Crippen LogP contribution < -0.4 is 0 Å². The fourth-order valence-corrected chi connectivity index (χ4v) is 5.07. The first-order valence-electron chi connectivity index (χ1n) is 4.55. The molecule has 88 valence electrons. The molecule has 16 heavy (non-hydrogen) atoms. The van der Waals surface area contributed by atoms with Crippen molar-refractivity contribution in [2.24, 2.45) is 0 Å². The van der Waals surface area contributed by atoms with Crippen molar-refractivity contribution < 1.29 is 18.4 Å². The molecule has 0 aliphatic heterocycles. The third-order valence-electron chi connectivity index (χ3n) is 1.90. The maximum atomic E-state index is 11.7. The monoisotopic (exact) mass is 308 g/mol. The molecule has 0 aliphatic carbocycles. The molecule has 0 N–H and O–H groups in total. The zero-order valence-electron chi connectivity index (χ0n) is 9.08. The first-order chi connectivity index (χ1) is 7.61. The van der Waals surface area contributed by atoms with Crippen molar-refractivity contribution in [3.05, 3.63) is 35.9 Å². The summed E-state index contributed by atoms with van der Waals surface area (Å²) in [7, 11) is 2.66. The SMILES string of the molecule is COP(=O)(OC)[Se]CC(=O)c1ccccc1. The van der Waals surface area contributed by atoms with Gasteiger partial charge in [-0.1, -0.05) is 0 Å². The Bertz CT molecular complexity index is 385. The first kappa shape index (κ1) is 13.6. The van der Waals surface area contributed by atoms with Gasteiger partial charge in [-0.2, -0.15) is 0 Å². The molecule has 0 saturated carbocycles. The van der Waals surface area contributed by atoms with Gasteiger partial charge in [-0.15, -0.1) is 0 Å². The Balaban J connectivity index is 2.57. The number of hydrogen-bond acceptors (Lipinski definition) is 4. The summed E-state index contributed by atoms with van der Waals surface area (Å²) in [5, 5.41) is 0.218. The van der Waals surface area contributed by atoms with Gasteiger partial charge in [0.05, 0.1) is 0 Å². The van der Waals surface area contributed by atoms with Crippen LogP contribution in [0.3, 0.4) is 0 Å². The summed E-state index contributed by atoms with van der Waals surface area (Å²) in [5.74, 6) is -0.0325. The second-order valence-corrected chi connectivity index (χ2v) is 9.80. The van der Waals surface area contributed by atoms with E-state index in [0.717, 1.165) is 0 Å². The van der Waals surface area contributed by atoms with E-state index in [9.17, 15) is 9.36 Å². The van der Waals surface area contributed by atoms with Crippen LogP contribution in [-0.2, 0) is 13.6 Å². The minimum atomic E-state index is -3.01. The van der Waals surface area contributed by atoms with Crippen LogP contribution in [0.2, 0.25) is 5.32 Å². The van der Waals surface area contributed by atoms with E-state index in [1.165, 1.54) is 14.2 Å². The molecular weight excluding hydrogens is 294 g/mol. The Morgan fingerprint density at radius 3 is 2.31 bits per heavy atom. The number of ketones is 1. The van der Waals surface area contributed by atoms with Crippen molar-refractivity contribution in [1.29, 1.82) is 0 Å². The summed E-state index contributed by atoms with van der Waals surface area (Å²) in [4.78, 5) is 11.7. The van der Waals surface area contributed by atoms with Gasteiger partial charge in [-0.3, -0.25) is 0 Å². The van der Waals surface area contributed by atoms with Crippen LogP contribution >= 0.6 is 6.29 Å². The standard InChI is InChI=1S/C10H13O4PSe/c1-13-15(12,14-2)16-8-10(11)9-6-4-3-5-7-9/h3-7H,8H2,1-2H3. The molecule has 0 bridgehead atoms. The fourth-order valence-electron chi connectivity index (χ4n) is 1.03. The molecule has 0 aliphatic rings. The van der Waals surface area contributed by atoms with Crippen molar-refractivity contribution in [2.45, 2.75) is 5.32 Å². The molecular formula is C10H13O4PSe. The number of benzene rings is 1. The summed E-state index contributed by atoms with van der Waals surface area (Å²) in [5.41, 5.74) is 0.628. The van der Waals surface area contributed by atoms with Gasteiger partial charge in [0, 0.05) is 0 Å². The molecule has 0 unspecified atom stereocenters. The maximum absolute atomic E-state index is 11.7. The van der Waals surface area contributed by atoms with Crippen LogP contribution in [0.5, 0.6) is 0 Å². The van der Waals surface area contributed by atoms with Gasteiger partial charge >= 0.3 is 100 Å². The van der Waals surface area contributed by atoms with Gasteiger partial charge < -0.3 is 0 Å². The van der Waals surface area contributed by atoms with Gasteiger partial charge in [0.1, 0.15) is 0 Å². The van der Waals surface area contributed by atoms with E-state index < -0.39 is 20.8 Å². The predicted molar refractivity (Wildman–Crippen MR) is 63.0 cm³/mol. The van der Waals surface area contributed by atoms with E-state index >= 15 is 0 Å². The van der Waals surface area contributed by atoms with E-state index in [4.69, 9.17) is 9.05 Å². The van der Waals surface area contributed by atoms with Crippen molar-refractivity contribution in [2.75, 3.05) is 14.2 Å². The number of carbonyl (C=O) groups excluding carboxylic acids is 1. The summed E-state index contributed by atoms with van der Waals surface area (Å²) in [6.45, 7) is 0. The van der Waals surface area contributed by atoms with Crippen LogP contribution in [0.1, 0.15) is 10.4 Å². The van der Waals surface area contributed by atoms with E-state index in [1.54, 1.807) is 24.3 Å². The van der Waals surface area contributed by atoms with Crippen LogP contribution in [0.4, 0.5) is 0 Å². The van der Waals surface area contributed by atoms with Crippen LogP contribution in [0, 0.1) is 0 Å². The van der Waals surface area contributed by atoms with Gasteiger partial charge in [0.25, 0.3) is 0 Å². The van der Waals surface area contributed by atoms with E-state index in [0.29, 0.717) is 5.56 Å². The topological polar surface area (TPSA) is 52.6 Å². The molecule has 1 rings (SSSR count). The summed E-state index contributed by atoms with van der Waals surface area (Å²) in [6.07, 6.45) is -3.01. The van der Waals surface area contributed by atoms with Crippen LogP contribution in [0.15, 0.2) is 30.3 Å². The van der Waals surface area contributed by atoms with Gasteiger partial charge in [-0.05, 0) is 0 Å². The molecule has 6 heteroatoms. The summed E-state index contributed by atoms with van der Waals surface area (Å²) in [6, 6.07) is 8.92. The van der Waals surface area contributed by atoms with Crippen molar-refractivity contribution in [3.63, 3.8) is 0 Å². The Morgan fingerprint density at radius 2 is 1.81 bits per heavy atom. The van der Waals surface area contributed by atoms with E-state index in [2.05, 4.69) is 0 Å². The predicted octanol–water partition coefficient (Wildman–Crippen LogP) is 2.39. The molecule has 0 heterocycles. The molecule has 0 radical (unpaired) electrons. The van der Waals surface area contributed by atoms with Crippen molar-refractivity contribution in [1.82, 2.24) is 0 Å². The number of rotatable bonds is 6. The zero-order valence-corrected chi connectivity index (χ0v) is 11.7. The van der Waals surface area contributed by atoms with E-state index in [1.807, 2.05) is 6.07 Å². The molecule has 0 atom stereocenters. The minimum absolute atomic E-state index is 0.0325. The van der Waals surface area contributed by atoms with Crippen molar-refractivity contribution >= 4 is 26.6 Å².